The van der Waals surface area contributed by atoms with E-state index in [0.717, 1.165) is 16.9 Å². The SMILES string of the molecule is Cc1cccc(C)c1N(c1ccc2c(c1)C(C)(C)c1cc3oc4ccccc4c3cc1-2)c1ccc2cc3c(cc2c1)C(C)(C)c1cc2ccccc2cc1-3. The first-order chi connectivity index (χ1) is 26.1. The topological polar surface area (TPSA) is 16.4 Å². The normalized spacial score (nSPS) is 14.8. The zero-order chi connectivity index (χ0) is 36.7. The van der Waals surface area contributed by atoms with Crippen LogP contribution in [-0.2, 0) is 10.8 Å². The smallest absolute Gasteiger partial charge is 0.135 e. The molecule has 260 valence electrons. The Kier molecular flexibility index (Phi) is 6.24. The minimum Gasteiger partial charge on any atom is -0.456 e. The van der Waals surface area contributed by atoms with Gasteiger partial charge in [-0.3, -0.25) is 0 Å². The summed E-state index contributed by atoms with van der Waals surface area (Å²) in [4.78, 5) is 2.49. The molecule has 2 heteroatoms. The maximum atomic E-state index is 6.38. The summed E-state index contributed by atoms with van der Waals surface area (Å²) in [5, 5.41) is 7.47. The van der Waals surface area contributed by atoms with Crippen LogP contribution in [0.15, 0.2) is 144 Å². The minimum atomic E-state index is -0.199. The molecule has 2 aliphatic rings. The van der Waals surface area contributed by atoms with Gasteiger partial charge in [0.25, 0.3) is 0 Å². The Balaban J connectivity index is 1.08. The second-order valence-electron chi connectivity index (χ2n) is 16.7. The largest absolute Gasteiger partial charge is 0.456 e. The van der Waals surface area contributed by atoms with Crippen molar-refractivity contribution in [1.82, 2.24) is 0 Å². The third-order valence-corrected chi connectivity index (χ3v) is 12.8. The van der Waals surface area contributed by atoms with Gasteiger partial charge in [-0.1, -0.05) is 100 Å². The lowest BCUT2D eigenvalue weighted by molar-refractivity contribution is 0.647. The third kappa shape index (κ3) is 4.23. The fourth-order valence-electron chi connectivity index (χ4n) is 9.93. The second-order valence-corrected chi connectivity index (χ2v) is 16.7. The molecule has 0 N–H and O–H groups in total. The highest BCUT2D eigenvalue weighted by atomic mass is 16.3. The molecule has 8 aromatic carbocycles. The molecule has 0 radical (unpaired) electrons. The van der Waals surface area contributed by atoms with Gasteiger partial charge in [-0.15, -0.1) is 0 Å². The Hall–Kier alpha value is -6.12. The van der Waals surface area contributed by atoms with Gasteiger partial charge in [0.2, 0.25) is 0 Å². The van der Waals surface area contributed by atoms with Crippen molar-refractivity contribution in [1.29, 1.82) is 0 Å². The van der Waals surface area contributed by atoms with Gasteiger partial charge in [-0.05, 0) is 158 Å². The molecule has 0 spiro atoms. The monoisotopic (exact) mass is 695 g/mol. The van der Waals surface area contributed by atoms with Crippen molar-refractivity contribution in [3.63, 3.8) is 0 Å². The first-order valence-corrected chi connectivity index (χ1v) is 19.2. The van der Waals surface area contributed by atoms with Crippen LogP contribution in [0.4, 0.5) is 17.1 Å². The fourth-order valence-corrected chi connectivity index (χ4v) is 9.93. The fraction of sp³-hybridized carbons (Fsp3) is 0.154. The summed E-state index contributed by atoms with van der Waals surface area (Å²) in [6.45, 7) is 14.0. The maximum absolute atomic E-state index is 6.38. The van der Waals surface area contributed by atoms with Crippen LogP contribution in [0.3, 0.4) is 0 Å². The first-order valence-electron chi connectivity index (χ1n) is 19.2. The summed E-state index contributed by atoms with van der Waals surface area (Å²) in [7, 11) is 0. The molecule has 2 aliphatic carbocycles. The average Bonchev–Trinajstić information content (AvgIpc) is 3.72. The van der Waals surface area contributed by atoms with E-state index in [1.54, 1.807) is 0 Å². The lowest BCUT2D eigenvalue weighted by Gasteiger charge is -2.30. The molecule has 0 atom stereocenters. The summed E-state index contributed by atoms with van der Waals surface area (Å²) in [5.74, 6) is 0. The summed E-state index contributed by atoms with van der Waals surface area (Å²) in [6.07, 6.45) is 0. The van der Waals surface area contributed by atoms with Crippen molar-refractivity contribution in [2.24, 2.45) is 0 Å². The molecule has 1 heterocycles. The van der Waals surface area contributed by atoms with Crippen molar-refractivity contribution in [3.8, 4) is 22.3 Å². The van der Waals surface area contributed by atoms with E-state index in [0.29, 0.717) is 0 Å². The second kappa shape index (κ2) is 10.7. The van der Waals surface area contributed by atoms with Crippen LogP contribution >= 0.6 is 0 Å². The van der Waals surface area contributed by atoms with Crippen molar-refractivity contribution in [3.05, 3.63) is 173 Å². The molecule has 0 aliphatic heterocycles. The van der Waals surface area contributed by atoms with Gasteiger partial charge in [0, 0.05) is 33.0 Å². The molecule has 1 aromatic heterocycles. The Morgan fingerprint density at radius 3 is 1.70 bits per heavy atom. The number of nitrogens with zero attached hydrogens (tertiary/aromatic N) is 1. The quantitative estimate of drug-likeness (QED) is 0.183. The van der Waals surface area contributed by atoms with Crippen LogP contribution in [0, 0.1) is 13.8 Å². The van der Waals surface area contributed by atoms with Crippen molar-refractivity contribution in [2.75, 3.05) is 4.90 Å². The zero-order valence-electron chi connectivity index (χ0n) is 31.6. The van der Waals surface area contributed by atoms with E-state index in [1.165, 1.54) is 99.3 Å². The molecule has 0 saturated heterocycles. The van der Waals surface area contributed by atoms with Crippen LogP contribution in [0.25, 0.3) is 65.7 Å². The zero-order valence-corrected chi connectivity index (χ0v) is 31.6. The molecule has 0 saturated carbocycles. The molecule has 9 aromatic rings. The van der Waals surface area contributed by atoms with Crippen molar-refractivity contribution >= 4 is 60.5 Å². The first kappa shape index (κ1) is 31.4. The molecular weight excluding hydrogens is 655 g/mol. The summed E-state index contributed by atoms with van der Waals surface area (Å²) >= 11 is 0. The predicted molar refractivity (Wildman–Crippen MR) is 228 cm³/mol. The van der Waals surface area contributed by atoms with Gasteiger partial charge in [0.1, 0.15) is 11.2 Å². The molecule has 2 nitrogen and oxygen atoms in total. The number of furan rings is 1. The number of aryl methyl sites for hydroxylation is 2. The minimum absolute atomic E-state index is 0.0981. The molecular formula is C52H41NO. The molecule has 0 fully saturated rings. The average molecular weight is 696 g/mol. The molecule has 0 amide bonds. The Bertz CT molecular complexity index is 3060. The van der Waals surface area contributed by atoms with Gasteiger partial charge >= 0.3 is 0 Å². The predicted octanol–water partition coefficient (Wildman–Crippen LogP) is 14.6. The van der Waals surface area contributed by atoms with E-state index in [-0.39, 0.29) is 10.8 Å². The summed E-state index contributed by atoms with van der Waals surface area (Å²) < 4.78 is 6.38. The maximum Gasteiger partial charge on any atom is 0.135 e. The van der Waals surface area contributed by atoms with Crippen LogP contribution in [0.5, 0.6) is 0 Å². The number of anilines is 3. The van der Waals surface area contributed by atoms with Gasteiger partial charge in [0.15, 0.2) is 0 Å². The lowest BCUT2D eigenvalue weighted by atomic mass is 9.81. The number of hydrogen-bond donors (Lipinski definition) is 0. The van der Waals surface area contributed by atoms with E-state index < -0.39 is 0 Å². The molecule has 11 rings (SSSR count). The third-order valence-electron chi connectivity index (χ3n) is 12.8. The van der Waals surface area contributed by atoms with E-state index in [1.807, 2.05) is 6.07 Å². The van der Waals surface area contributed by atoms with E-state index >= 15 is 0 Å². The van der Waals surface area contributed by atoms with Gasteiger partial charge < -0.3 is 9.32 Å². The van der Waals surface area contributed by atoms with Crippen molar-refractivity contribution < 1.29 is 4.42 Å². The van der Waals surface area contributed by atoms with Gasteiger partial charge in [-0.25, -0.2) is 0 Å². The Morgan fingerprint density at radius 2 is 0.963 bits per heavy atom. The Labute approximate surface area is 316 Å². The lowest BCUT2D eigenvalue weighted by Crippen LogP contribution is -2.17. The highest BCUT2D eigenvalue weighted by Crippen LogP contribution is 2.54. The standard InChI is InChI=1S/C52H41NO/c1-30-12-11-13-31(2)50(30)53(37-20-21-38-42-28-43-39-16-9-10-17-48(39)54-49(43)29-47(42)52(5,6)46(38)27-37)36-19-18-34-24-41-40-23-32-14-7-8-15-33(32)25-44(40)51(3,4)45(41)26-35(34)22-36/h7-29H,1-6H3. The summed E-state index contributed by atoms with van der Waals surface area (Å²) in [6, 6.07) is 52.3. The highest BCUT2D eigenvalue weighted by molar-refractivity contribution is 6.08. The van der Waals surface area contributed by atoms with Gasteiger partial charge in [0.05, 0.1) is 5.69 Å². The number of fused-ring (bicyclic) bond motifs is 11. The molecule has 0 bridgehead atoms. The van der Waals surface area contributed by atoms with Crippen LogP contribution in [0.2, 0.25) is 0 Å². The van der Waals surface area contributed by atoms with E-state index in [4.69, 9.17) is 4.42 Å². The van der Waals surface area contributed by atoms with Crippen molar-refractivity contribution in [2.45, 2.75) is 52.4 Å². The van der Waals surface area contributed by atoms with E-state index in [2.05, 4.69) is 180 Å². The number of rotatable bonds is 3. The summed E-state index contributed by atoms with van der Waals surface area (Å²) in [5.41, 5.74) is 18.4. The number of para-hydroxylation sites is 2. The van der Waals surface area contributed by atoms with E-state index in [9.17, 15) is 0 Å². The molecule has 54 heavy (non-hydrogen) atoms. The Morgan fingerprint density at radius 1 is 0.407 bits per heavy atom. The van der Waals surface area contributed by atoms with Crippen LogP contribution in [0.1, 0.15) is 61.1 Å². The highest BCUT2D eigenvalue weighted by Gasteiger charge is 2.38. The number of benzene rings is 8. The molecule has 0 unspecified atom stereocenters. The van der Waals surface area contributed by atoms with Gasteiger partial charge in [-0.2, -0.15) is 0 Å². The van der Waals surface area contributed by atoms with Crippen LogP contribution < -0.4 is 4.90 Å². The van der Waals surface area contributed by atoms with Crippen LogP contribution in [-0.4, -0.2) is 0 Å². The number of hydrogen-bond acceptors (Lipinski definition) is 2.